The van der Waals surface area contributed by atoms with Gasteiger partial charge < -0.3 is 10.4 Å². The Morgan fingerprint density at radius 3 is 2.86 bits per heavy atom. The first-order valence-electron chi connectivity index (χ1n) is 5.80. The summed E-state index contributed by atoms with van der Waals surface area (Å²) < 4.78 is 15.3. The highest BCUT2D eigenvalue weighted by Gasteiger charge is 2.10. The lowest BCUT2D eigenvalue weighted by Crippen LogP contribution is -2.19. The first kappa shape index (κ1) is 15.1. The zero-order chi connectivity index (χ0) is 15.4. The molecule has 0 radical (unpaired) electrons. The maximum absolute atomic E-state index is 13.6. The van der Waals surface area contributed by atoms with Crippen molar-refractivity contribution in [3.05, 3.63) is 40.4 Å². The Bertz CT molecular complexity index is 689. The molecule has 0 aliphatic rings. The SMILES string of the molecule is O=C(O)Cc1cn(CC(=O)Nc2ccc(Br)cc2F)nn1. The fourth-order valence-electron chi connectivity index (χ4n) is 1.58. The number of hydrogen-bond donors (Lipinski definition) is 2. The molecule has 1 aromatic carbocycles. The highest BCUT2D eigenvalue weighted by Crippen LogP contribution is 2.19. The van der Waals surface area contributed by atoms with E-state index in [2.05, 4.69) is 31.6 Å². The van der Waals surface area contributed by atoms with Crippen molar-refractivity contribution in [2.45, 2.75) is 13.0 Å². The molecule has 7 nitrogen and oxygen atoms in total. The monoisotopic (exact) mass is 356 g/mol. The van der Waals surface area contributed by atoms with Gasteiger partial charge in [-0.15, -0.1) is 5.10 Å². The fraction of sp³-hybridized carbons (Fsp3) is 0.167. The third kappa shape index (κ3) is 4.35. The molecule has 0 unspecified atom stereocenters. The number of aromatic nitrogens is 3. The second kappa shape index (κ2) is 6.44. The molecule has 0 saturated heterocycles. The van der Waals surface area contributed by atoms with Gasteiger partial charge in [-0.25, -0.2) is 9.07 Å². The van der Waals surface area contributed by atoms with E-state index in [0.29, 0.717) is 4.47 Å². The fourth-order valence-corrected chi connectivity index (χ4v) is 1.91. The molecule has 0 bridgehead atoms. The Kier molecular flexibility index (Phi) is 4.63. The lowest BCUT2D eigenvalue weighted by Gasteiger charge is -2.06. The molecule has 0 fully saturated rings. The van der Waals surface area contributed by atoms with Crippen molar-refractivity contribution in [3.63, 3.8) is 0 Å². The lowest BCUT2D eigenvalue weighted by atomic mass is 10.3. The molecule has 1 heterocycles. The van der Waals surface area contributed by atoms with Gasteiger partial charge in [0, 0.05) is 10.7 Å². The first-order chi connectivity index (χ1) is 9.94. The van der Waals surface area contributed by atoms with Gasteiger partial charge >= 0.3 is 5.97 Å². The largest absolute Gasteiger partial charge is 0.481 e. The highest BCUT2D eigenvalue weighted by atomic mass is 79.9. The van der Waals surface area contributed by atoms with E-state index < -0.39 is 17.7 Å². The number of nitrogens with zero attached hydrogens (tertiary/aromatic N) is 3. The second-order valence-electron chi connectivity index (χ2n) is 4.15. The van der Waals surface area contributed by atoms with Crippen molar-refractivity contribution >= 4 is 33.5 Å². The van der Waals surface area contributed by atoms with E-state index in [1.165, 1.54) is 23.0 Å². The van der Waals surface area contributed by atoms with Gasteiger partial charge in [0.2, 0.25) is 5.91 Å². The molecule has 110 valence electrons. The van der Waals surface area contributed by atoms with Gasteiger partial charge in [0.15, 0.2) is 0 Å². The Morgan fingerprint density at radius 1 is 1.43 bits per heavy atom. The molecule has 21 heavy (non-hydrogen) atoms. The molecule has 1 amide bonds. The Hall–Kier alpha value is -2.29. The van der Waals surface area contributed by atoms with Crippen LogP contribution in [-0.2, 0) is 22.6 Å². The summed E-state index contributed by atoms with van der Waals surface area (Å²) in [6.07, 6.45) is 1.08. The van der Waals surface area contributed by atoms with Gasteiger partial charge in [-0.05, 0) is 18.2 Å². The Labute approximate surface area is 126 Å². The molecule has 2 N–H and O–H groups in total. The van der Waals surface area contributed by atoms with Crippen molar-refractivity contribution in [2.75, 3.05) is 5.32 Å². The molecule has 2 rings (SSSR count). The minimum absolute atomic E-state index is 0.0501. The van der Waals surface area contributed by atoms with Crippen molar-refractivity contribution in [3.8, 4) is 0 Å². The second-order valence-corrected chi connectivity index (χ2v) is 5.07. The Morgan fingerprint density at radius 2 is 2.19 bits per heavy atom. The van der Waals surface area contributed by atoms with Gasteiger partial charge in [0.25, 0.3) is 0 Å². The van der Waals surface area contributed by atoms with Crippen LogP contribution in [0.15, 0.2) is 28.9 Å². The van der Waals surface area contributed by atoms with Crippen molar-refractivity contribution in [1.82, 2.24) is 15.0 Å². The van der Waals surface area contributed by atoms with Crippen LogP contribution in [0.3, 0.4) is 0 Å². The summed E-state index contributed by atoms with van der Waals surface area (Å²) in [5.41, 5.74) is 0.291. The molecule has 2 aromatic rings. The number of aliphatic carboxylic acids is 1. The maximum atomic E-state index is 13.6. The summed E-state index contributed by atoms with van der Waals surface area (Å²) >= 11 is 3.12. The third-order valence-electron chi connectivity index (χ3n) is 2.43. The molecule has 0 atom stereocenters. The predicted octanol–water partition coefficient (Wildman–Crippen LogP) is 1.45. The molecular formula is C12H10BrFN4O3. The number of carboxylic acid groups (broad SMARTS) is 1. The quantitative estimate of drug-likeness (QED) is 0.844. The maximum Gasteiger partial charge on any atom is 0.309 e. The van der Waals surface area contributed by atoms with Crippen LogP contribution >= 0.6 is 15.9 Å². The van der Waals surface area contributed by atoms with Gasteiger partial charge in [-0.1, -0.05) is 21.1 Å². The van der Waals surface area contributed by atoms with Crippen LogP contribution in [0, 0.1) is 5.82 Å². The number of nitrogens with one attached hydrogen (secondary N) is 1. The zero-order valence-corrected chi connectivity index (χ0v) is 12.2. The first-order valence-corrected chi connectivity index (χ1v) is 6.59. The molecular weight excluding hydrogens is 347 g/mol. The van der Waals surface area contributed by atoms with E-state index in [1.807, 2.05) is 0 Å². The van der Waals surface area contributed by atoms with Gasteiger partial charge in [0.1, 0.15) is 12.4 Å². The van der Waals surface area contributed by atoms with Crippen LogP contribution in [0.25, 0.3) is 0 Å². The van der Waals surface area contributed by atoms with Gasteiger partial charge in [-0.3, -0.25) is 9.59 Å². The van der Waals surface area contributed by atoms with Crippen LogP contribution in [0.5, 0.6) is 0 Å². The van der Waals surface area contributed by atoms with Gasteiger partial charge in [-0.2, -0.15) is 0 Å². The number of rotatable bonds is 5. The van der Waals surface area contributed by atoms with Crippen LogP contribution in [-0.4, -0.2) is 32.0 Å². The smallest absolute Gasteiger partial charge is 0.309 e. The normalized spacial score (nSPS) is 10.4. The van der Waals surface area contributed by atoms with Crippen LogP contribution < -0.4 is 5.32 Å². The molecule has 1 aromatic heterocycles. The molecule has 0 saturated carbocycles. The number of amides is 1. The third-order valence-corrected chi connectivity index (χ3v) is 2.92. The van der Waals surface area contributed by atoms with Crippen LogP contribution in [0.2, 0.25) is 0 Å². The number of carbonyl (C=O) groups is 2. The Balaban J connectivity index is 1.98. The molecule has 0 spiro atoms. The lowest BCUT2D eigenvalue weighted by molar-refractivity contribution is -0.136. The minimum Gasteiger partial charge on any atom is -0.481 e. The summed E-state index contributed by atoms with van der Waals surface area (Å²) in [6, 6.07) is 4.25. The van der Waals surface area contributed by atoms with E-state index >= 15 is 0 Å². The highest BCUT2D eigenvalue weighted by molar-refractivity contribution is 9.10. The zero-order valence-electron chi connectivity index (χ0n) is 10.6. The summed E-state index contributed by atoms with van der Waals surface area (Å²) in [5, 5.41) is 18.2. The summed E-state index contributed by atoms with van der Waals surface area (Å²) in [4.78, 5) is 22.3. The van der Waals surface area contributed by atoms with Crippen molar-refractivity contribution < 1.29 is 19.1 Å². The van der Waals surface area contributed by atoms with E-state index in [4.69, 9.17) is 5.11 Å². The number of anilines is 1. The van der Waals surface area contributed by atoms with E-state index in [0.717, 1.165) is 0 Å². The summed E-state index contributed by atoms with van der Waals surface area (Å²) in [5.74, 6) is -2.10. The summed E-state index contributed by atoms with van der Waals surface area (Å²) in [6.45, 7) is -0.192. The number of carbonyl (C=O) groups excluding carboxylic acids is 1. The van der Waals surface area contributed by atoms with E-state index in [-0.39, 0.29) is 24.3 Å². The number of carboxylic acids is 1. The number of benzene rings is 1. The van der Waals surface area contributed by atoms with Gasteiger partial charge in [0.05, 0.1) is 17.8 Å². The summed E-state index contributed by atoms with van der Waals surface area (Å²) in [7, 11) is 0. The average Bonchev–Trinajstić information content (AvgIpc) is 2.79. The van der Waals surface area contributed by atoms with Crippen LogP contribution in [0.4, 0.5) is 10.1 Å². The number of hydrogen-bond acceptors (Lipinski definition) is 4. The molecule has 9 heteroatoms. The van der Waals surface area contributed by atoms with E-state index in [9.17, 15) is 14.0 Å². The number of halogens is 2. The van der Waals surface area contributed by atoms with Crippen LogP contribution in [0.1, 0.15) is 5.69 Å². The van der Waals surface area contributed by atoms with Crippen molar-refractivity contribution in [2.24, 2.45) is 0 Å². The van der Waals surface area contributed by atoms with E-state index in [1.54, 1.807) is 6.07 Å². The topological polar surface area (TPSA) is 97.1 Å². The minimum atomic E-state index is -1.04. The standard InChI is InChI=1S/C12H10BrFN4O3/c13-7-1-2-10(9(14)3-7)15-11(19)6-18-5-8(16-17-18)4-12(20)21/h1-3,5H,4,6H2,(H,15,19)(H,20,21). The molecule has 0 aliphatic heterocycles. The average molecular weight is 357 g/mol. The van der Waals surface area contributed by atoms with Crippen molar-refractivity contribution in [1.29, 1.82) is 0 Å². The molecule has 0 aliphatic carbocycles. The predicted molar refractivity (Wildman–Crippen MR) is 74.1 cm³/mol.